The lowest BCUT2D eigenvalue weighted by Crippen LogP contribution is -2.38. The van der Waals surface area contributed by atoms with Crippen LogP contribution >= 0.6 is 0 Å². The fourth-order valence-electron chi connectivity index (χ4n) is 4.00. The van der Waals surface area contributed by atoms with Crippen LogP contribution < -0.4 is 16.0 Å². The van der Waals surface area contributed by atoms with Gasteiger partial charge in [0, 0.05) is 19.5 Å². The van der Waals surface area contributed by atoms with Crippen molar-refractivity contribution in [3.05, 3.63) is 92.9 Å². The first-order valence-electron chi connectivity index (χ1n) is 10.8. The van der Waals surface area contributed by atoms with Crippen molar-refractivity contribution in [2.75, 3.05) is 6.61 Å². The fourth-order valence-corrected chi connectivity index (χ4v) is 4.00. The molecule has 2 aromatic carbocycles. The van der Waals surface area contributed by atoms with Crippen LogP contribution in [0.1, 0.15) is 25.0 Å². The second-order valence-corrected chi connectivity index (χ2v) is 8.76. The number of hydrogen-bond donors (Lipinski definition) is 1. The number of ether oxygens (including phenoxy) is 1. The van der Waals surface area contributed by atoms with Crippen LogP contribution in [0.4, 0.5) is 0 Å². The van der Waals surface area contributed by atoms with E-state index < -0.39 is 17.4 Å². The van der Waals surface area contributed by atoms with Crippen LogP contribution in [0.2, 0.25) is 0 Å². The minimum Gasteiger partial charge on any atom is -0.491 e. The SMILES string of the molecule is Cn1c(=O)c2c(ncn2CC(O)COc2ccc(C(C)(C)c3ccccc3)cc2)n(C)c1=O. The normalized spacial score (nSPS) is 12.8. The molecule has 1 atom stereocenters. The molecule has 2 heterocycles. The summed E-state index contributed by atoms with van der Waals surface area (Å²) in [5.74, 6) is 0.649. The molecule has 0 aliphatic heterocycles. The molecule has 0 bridgehead atoms. The van der Waals surface area contributed by atoms with Crippen molar-refractivity contribution in [1.82, 2.24) is 18.7 Å². The van der Waals surface area contributed by atoms with E-state index in [1.807, 2.05) is 42.5 Å². The first-order chi connectivity index (χ1) is 15.7. The topological polar surface area (TPSA) is 91.3 Å². The molecular formula is C25H28N4O4. The zero-order chi connectivity index (χ0) is 23.8. The van der Waals surface area contributed by atoms with Gasteiger partial charge in [0.05, 0.1) is 12.9 Å². The second kappa shape index (κ2) is 8.71. The number of benzene rings is 2. The number of rotatable bonds is 7. The molecule has 2 aromatic heterocycles. The zero-order valence-corrected chi connectivity index (χ0v) is 19.2. The van der Waals surface area contributed by atoms with Gasteiger partial charge in [-0.1, -0.05) is 56.3 Å². The maximum atomic E-state index is 12.5. The van der Waals surface area contributed by atoms with E-state index in [9.17, 15) is 14.7 Å². The zero-order valence-electron chi connectivity index (χ0n) is 19.2. The Balaban J connectivity index is 1.44. The van der Waals surface area contributed by atoms with Gasteiger partial charge in [-0.05, 0) is 23.3 Å². The minimum atomic E-state index is -0.871. The first-order valence-corrected chi connectivity index (χ1v) is 10.8. The summed E-state index contributed by atoms with van der Waals surface area (Å²) >= 11 is 0. The van der Waals surface area contributed by atoms with Gasteiger partial charge in [-0.15, -0.1) is 0 Å². The number of hydrogen-bond acceptors (Lipinski definition) is 5. The largest absolute Gasteiger partial charge is 0.491 e. The van der Waals surface area contributed by atoms with E-state index in [1.54, 1.807) is 11.6 Å². The number of aliphatic hydroxyl groups excluding tert-OH is 1. The third-order valence-corrected chi connectivity index (χ3v) is 6.14. The van der Waals surface area contributed by atoms with E-state index in [2.05, 4.69) is 31.0 Å². The van der Waals surface area contributed by atoms with Crippen molar-refractivity contribution in [3.8, 4) is 5.75 Å². The van der Waals surface area contributed by atoms with E-state index in [1.165, 1.54) is 23.5 Å². The molecule has 0 saturated heterocycles. The molecule has 1 N–H and O–H groups in total. The summed E-state index contributed by atoms with van der Waals surface area (Å²) in [6, 6.07) is 18.2. The van der Waals surface area contributed by atoms with E-state index >= 15 is 0 Å². The highest BCUT2D eigenvalue weighted by Gasteiger charge is 2.23. The molecule has 0 radical (unpaired) electrons. The lowest BCUT2D eigenvalue weighted by atomic mass is 9.78. The summed E-state index contributed by atoms with van der Waals surface area (Å²) in [7, 11) is 2.98. The van der Waals surface area contributed by atoms with Crippen LogP contribution in [0.5, 0.6) is 5.75 Å². The van der Waals surface area contributed by atoms with Gasteiger partial charge in [-0.25, -0.2) is 9.78 Å². The summed E-state index contributed by atoms with van der Waals surface area (Å²) in [6.45, 7) is 4.52. The molecule has 1 unspecified atom stereocenters. The molecule has 8 nitrogen and oxygen atoms in total. The smallest absolute Gasteiger partial charge is 0.332 e. The van der Waals surface area contributed by atoms with Crippen LogP contribution in [-0.4, -0.2) is 36.5 Å². The van der Waals surface area contributed by atoms with Crippen LogP contribution in [0.3, 0.4) is 0 Å². The lowest BCUT2D eigenvalue weighted by Gasteiger charge is -2.26. The van der Waals surface area contributed by atoms with Gasteiger partial charge in [-0.3, -0.25) is 13.9 Å². The molecule has 33 heavy (non-hydrogen) atoms. The van der Waals surface area contributed by atoms with Gasteiger partial charge in [0.2, 0.25) is 0 Å². The number of nitrogens with zero attached hydrogens (tertiary/aromatic N) is 4. The molecule has 0 spiro atoms. The molecule has 172 valence electrons. The quantitative estimate of drug-likeness (QED) is 0.468. The van der Waals surface area contributed by atoms with Crippen molar-refractivity contribution in [2.45, 2.75) is 31.9 Å². The maximum absolute atomic E-state index is 12.5. The predicted molar refractivity (Wildman–Crippen MR) is 127 cm³/mol. The molecular weight excluding hydrogens is 420 g/mol. The van der Waals surface area contributed by atoms with E-state index in [0.717, 1.165) is 10.1 Å². The van der Waals surface area contributed by atoms with Gasteiger partial charge >= 0.3 is 5.69 Å². The van der Waals surface area contributed by atoms with Crippen molar-refractivity contribution in [3.63, 3.8) is 0 Å². The molecule has 8 heteroatoms. The number of aliphatic hydroxyl groups is 1. The third-order valence-electron chi connectivity index (χ3n) is 6.14. The predicted octanol–water partition coefficient (Wildman–Crippen LogP) is 2.20. The fraction of sp³-hybridized carbons (Fsp3) is 0.320. The minimum absolute atomic E-state index is 0.0488. The van der Waals surface area contributed by atoms with Crippen molar-refractivity contribution < 1.29 is 9.84 Å². The van der Waals surface area contributed by atoms with Crippen molar-refractivity contribution >= 4 is 11.2 Å². The Morgan fingerprint density at radius 3 is 2.27 bits per heavy atom. The highest BCUT2D eigenvalue weighted by Crippen LogP contribution is 2.32. The molecule has 0 aliphatic carbocycles. The summed E-state index contributed by atoms with van der Waals surface area (Å²) in [5.41, 5.74) is 1.90. The Labute approximate surface area is 191 Å². The van der Waals surface area contributed by atoms with Gasteiger partial charge in [0.1, 0.15) is 18.5 Å². The van der Waals surface area contributed by atoms with Crippen molar-refractivity contribution in [2.24, 2.45) is 14.1 Å². The number of aromatic nitrogens is 4. The summed E-state index contributed by atoms with van der Waals surface area (Å²) in [5, 5.41) is 10.5. The van der Waals surface area contributed by atoms with E-state index in [-0.39, 0.29) is 29.7 Å². The first kappa shape index (κ1) is 22.5. The van der Waals surface area contributed by atoms with Crippen LogP contribution in [0.25, 0.3) is 11.2 Å². The Hall–Kier alpha value is -3.65. The van der Waals surface area contributed by atoms with Crippen LogP contribution in [0.15, 0.2) is 70.5 Å². The van der Waals surface area contributed by atoms with Crippen molar-refractivity contribution in [1.29, 1.82) is 0 Å². The lowest BCUT2D eigenvalue weighted by molar-refractivity contribution is 0.0933. The Kier molecular flexibility index (Phi) is 5.95. The van der Waals surface area contributed by atoms with Gasteiger partial charge in [-0.2, -0.15) is 0 Å². The number of aryl methyl sites for hydroxylation is 1. The summed E-state index contributed by atoms with van der Waals surface area (Å²) < 4.78 is 9.67. The van der Waals surface area contributed by atoms with Gasteiger partial charge in [0.25, 0.3) is 5.56 Å². The Morgan fingerprint density at radius 1 is 0.970 bits per heavy atom. The number of imidazole rings is 1. The summed E-state index contributed by atoms with van der Waals surface area (Å²) in [4.78, 5) is 28.8. The second-order valence-electron chi connectivity index (χ2n) is 8.76. The highest BCUT2D eigenvalue weighted by atomic mass is 16.5. The van der Waals surface area contributed by atoms with Gasteiger partial charge in [0.15, 0.2) is 11.2 Å². The number of fused-ring (bicyclic) bond motifs is 1. The van der Waals surface area contributed by atoms with Crippen LogP contribution in [0, 0.1) is 0 Å². The molecule has 0 fully saturated rings. The highest BCUT2D eigenvalue weighted by molar-refractivity contribution is 5.69. The molecule has 4 rings (SSSR count). The average molecular weight is 449 g/mol. The molecule has 4 aromatic rings. The van der Waals surface area contributed by atoms with Gasteiger partial charge < -0.3 is 14.4 Å². The molecule has 0 amide bonds. The Morgan fingerprint density at radius 2 is 1.61 bits per heavy atom. The Bertz CT molecular complexity index is 1380. The molecule has 0 saturated carbocycles. The third kappa shape index (κ3) is 4.21. The summed E-state index contributed by atoms with van der Waals surface area (Å²) in [6.07, 6.45) is 0.583. The standard InChI is InChI=1S/C25H28N4O4/c1-25(2,17-8-6-5-7-9-17)18-10-12-20(13-11-18)33-15-19(30)14-29-16-26-22-21(29)23(31)28(4)24(32)27(22)3/h5-13,16,19,30H,14-15H2,1-4H3. The van der Waals surface area contributed by atoms with Crippen LogP contribution in [-0.2, 0) is 26.1 Å². The average Bonchev–Trinajstić information content (AvgIpc) is 3.24. The van der Waals surface area contributed by atoms with E-state index in [0.29, 0.717) is 5.75 Å². The monoisotopic (exact) mass is 448 g/mol. The maximum Gasteiger partial charge on any atom is 0.332 e. The van der Waals surface area contributed by atoms with E-state index in [4.69, 9.17) is 4.74 Å². The molecule has 0 aliphatic rings.